The summed E-state index contributed by atoms with van der Waals surface area (Å²) < 4.78 is 0. The predicted molar refractivity (Wildman–Crippen MR) is 76.2 cm³/mol. The van der Waals surface area contributed by atoms with Crippen molar-refractivity contribution in [2.75, 3.05) is 11.9 Å². The summed E-state index contributed by atoms with van der Waals surface area (Å²) in [5.74, 6) is -0.0137. The van der Waals surface area contributed by atoms with Gasteiger partial charge in [-0.2, -0.15) is 0 Å². The molecule has 1 aliphatic heterocycles. The lowest BCUT2D eigenvalue weighted by atomic mass is 10.0. The summed E-state index contributed by atoms with van der Waals surface area (Å²) >= 11 is 0. The lowest BCUT2D eigenvalue weighted by Crippen LogP contribution is -2.44. The maximum absolute atomic E-state index is 12.2. The minimum atomic E-state index is -0.109. The summed E-state index contributed by atoms with van der Waals surface area (Å²) in [6, 6.07) is 15.9. The molecular weight excluding hydrogens is 236 g/mol. The summed E-state index contributed by atoms with van der Waals surface area (Å²) in [5.41, 5.74) is 4.00. The molecule has 0 bridgehead atoms. The highest BCUT2D eigenvalue weighted by Crippen LogP contribution is 2.31. The zero-order valence-corrected chi connectivity index (χ0v) is 11.1. The maximum atomic E-state index is 12.2. The predicted octanol–water partition coefficient (Wildman–Crippen LogP) is 2.87. The molecule has 2 aromatic rings. The number of fused-ring (bicyclic) bond motifs is 1. The van der Waals surface area contributed by atoms with Crippen molar-refractivity contribution in [3.8, 4) is 0 Å². The van der Waals surface area contributed by atoms with Crippen molar-refractivity contribution in [2.45, 2.75) is 13.1 Å². The van der Waals surface area contributed by atoms with Crippen LogP contribution in [0.2, 0.25) is 0 Å². The molecule has 3 heteroatoms. The summed E-state index contributed by atoms with van der Waals surface area (Å²) in [7, 11) is 2.01. The number of rotatable bonds is 1. The molecule has 0 radical (unpaired) electrons. The fourth-order valence-electron chi connectivity index (χ4n) is 2.56. The van der Waals surface area contributed by atoms with Crippen LogP contribution in [0.5, 0.6) is 0 Å². The Balaban J connectivity index is 2.05. The van der Waals surface area contributed by atoms with Crippen LogP contribution in [0, 0.1) is 6.92 Å². The van der Waals surface area contributed by atoms with Gasteiger partial charge in [0.2, 0.25) is 0 Å². The second-order valence-electron chi connectivity index (χ2n) is 4.92. The molecule has 0 aromatic heterocycles. The first-order valence-electron chi connectivity index (χ1n) is 6.36. The van der Waals surface area contributed by atoms with E-state index in [0.29, 0.717) is 0 Å². The Morgan fingerprint density at radius 1 is 1.11 bits per heavy atom. The number of amides is 1. The Bertz CT molecular complexity index is 636. The Morgan fingerprint density at radius 2 is 1.89 bits per heavy atom. The monoisotopic (exact) mass is 252 g/mol. The average Bonchev–Trinajstić information content (AvgIpc) is 2.43. The van der Waals surface area contributed by atoms with E-state index in [4.69, 9.17) is 0 Å². The van der Waals surface area contributed by atoms with Crippen LogP contribution in [0.15, 0.2) is 48.5 Å². The van der Waals surface area contributed by atoms with E-state index in [9.17, 15) is 4.79 Å². The topological polar surface area (TPSA) is 32.3 Å². The van der Waals surface area contributed by atoms with E-state index in [1.165, 1.54) is 5.56 Å². The Kier molecular flexibility index (Phi) is 2.75. The molecule has 2 aromatic carbocycles. The standard InChI is InChI=1S/C16H16N2O/c1-11-6-5-7-12(10-11)15-17-16(19)13-8-3-4-9-14(13)18(15)2/h3-10,15H,1-2H3,(H,17,19). The third kappa shape index (κ3) is 1.97. The third-order valence-corrected chi connectivity index (χ3v) is 3.54. The van der Waals surface area contributed by atoms with E-state index in [1.807, 2.05) is 43.4 Å². The molecule has 1 aliphatic rings. The lowest BCUT2D eigenvalue weighted by molar-refractivity contribution is 0.0928. The zero-order chi connectivity index (χ0) is 13.4. The van der Waals surface area contributed by atoms with E-state index in [1.54, 1.807) is 0 Å². The van der Waals surface area contributed by atoms with Gasteiger partial charge in [-0.25, -0.2) is 0 Å². The van der Waals surface area contributed by atoms with E-state index < -0.39 is 0 Å². The summed E-state index contributed by atoms with van der Waals surface area (Å²) in [6.07, 6.45) is -0.109. The molecule has 1 heterocycles. The van der Waals surface area contributed by atoms with Crippen molar-refractivity contribution in [1.82, 2.24) is 5.32 Å². The quantitative estimate of drug-likeness (QED) is 0.846. The van der Waals surface area contributed by atoms with E-state index in [0.717, 1.165) is 16.8 Å². The van der Waals surface area contributed by atoms with Crippen LogP contribution in [-0.4, -0.2) is 13.0 Å². The third-order valence-electron chi connectivity index (χ3n) is 3.54. The van der Waals surface area contributed by atoms with Crippen molar-refractivity contribution in [1.29, 1.82) is 0 Å². The number of nitrogens with zero attached hydrogens (tertiary/aromatic N) is 1. The number of nitrogens with one attached hydrogen (secondary N) is 1. The van der Waals surface area contributed by atoms with Gasteiger partial charge in [0.25, 0.3) is 5.91 Å². The van der Waals surface area contributed by atoms with Crippen LogP contribution >= 0.6 is 0 Å². The van der Waals surface area contributed by atoms with Gasteiger partial charge in [0.1, 0.15) is 6.17 Å². The van der Waals surface area contributed by atoms with Gasteiger partial charge < -0.3 is 10.2 Å². The number of carbonyl (C=O) groups excluding carboxylic acids is 1. The first-order valence-corrected chi connectivity index (χ1v) is 6.36. The van der Waals surface area contributed by atoms with E-state index >= 15 is 0 Å². The van der Waals surface area contributed by atoms with Crippen LogP contribution in [0.1, 0.15) is 27.7 Å². The second kappa shape index (κ2) is 4.43. The fraction of sp³-hybridized carbons (Fsp3) is 0.188. The van der Waals surface area contributed by atoms with Crippen LogP contribution in [0.3, 0.4) is 0 Å². The molecule has 0 aliphatic carbocycles. The van der Waals surface area contributed by atoms with Crippen LogP contribution in [-0.2, 0) is 0 Å². The summed E-state index contributed by atoms with van der Waals surface area (Å²) in [4.78, 5) is 14.3. The van der Waals surface area contributed by atoms with E-state index in [2.05, 4.69) is 29.3 Å². The van der Waals surface area contributed by atoms with Crippen molar-refractivity contribution in [2.24, 2.45) is 0 Å². The molecule has 96 valence electrons. The zero-order valence-electron chi connectivity index (χ0n) is 11.1. The van der Waals surface area contributed by atoms with E-state index in [-0.39, 0.29) is 12.1 Å². The van der Waals surface area contributed by atoms with Gasteiger partial charge in [-0.05, 0) is 24.6 Å². The van der Waals surface area contributed by atoms with Gasteiger partial charge in [-0.1, -0.05) is 42.0 Å². The Morgan fingerprint density at radius 3 is 2.68 bits per heavy atom. The molecule has 1 atom stereocenters. The minimum Gasteiger partial charge on any atom is -0.350 e. The smallest absolute Gasteiger partial charge is 0.255 e. The van der Waals surface area contributed by atoms with Gasteiger partial charge in [0, 0.05) is 7.05 Å². The number of hydrogen-bond acceptors (Lipinski definition) is 2. The van der Waals surface area contributed by atoms with Crippen LogP contribution in [0.25, 0.3) is 0 Å². The van der Waals surface area contributed by atoms with Gasteiger partial charge in [0.05, 0.1) is 11.3 Å². The lowest BCUT2D eigenvalue weighted by Gasteiger charge is -2.36. The van der Waals surface area contributed by atoms with Crippen molar-refractivity contribution >= 4 is 11.6 Å². The number of para-hydroxylation sites is 1. The maximum Gasteiger partial charge on any atom is 0.255 e. The Hall–Kier alpha value is -2.29. The van der Waals surface area contributed by atoms with Gasteiger partial charge in [-0.15, -0.1) is 0 Å². The normalized spacial score (nSPS) is 17.9. The molecule has 1 unspecified atom stereocenters. The first kappa shape index (κ1) is 11.8. The van der Waals surface area contributed by atoms with Gasteiger partial charge >= 0.3 is 0 Å². The molecular formula is C16H16N2O. The Labute approximate surface area is 112 Å². The second-order valence-corrected chi connectivity index (χ2v) is 4.92. The van der Waals surface area contributed by atoms with Crippen molar-refractivity contribution in [3.05, 3.63) is 65.2 Å². The highest BCUT2D eigenvalue weighted by Gasteiger charge is 2.28. The highest BCUT2D eigenvalue weighted by molar-refractivity contribution is 6.01. The van der Waals surface area contributed by atoms with Gasteiger partial charge in [0.15, 0.2) is 0 Å². The van der Waals surface area contributed by atoms with Crippen molar-refractivity contribution < 1.29 is 4.79 Å². The minimum absolute atomic E-state index is 0.0137. The average molecular weight is 252 g/mol. The summed E-state index contributed by atoms with van der Waals surface area (Å²) in [5, 5.41) is 3.05. The molecule has 1 amide bonds. The van der Waals surface area contributed by atoms with Gasteiger partial charge in [-0.3, -0.25) is 4.79 Å². The van der Waals surface area contributed by atoms with Crippen LogP contribution < -0.4 is 10.2 Å². The molecule has 0 fully saturated rings. The van der Waals surface area contributed by atoms with Crippen molar-refractivity contribution in [3.63, 3.8) is 0 Å². The molecule has 0 saturated carbocycles. The highest BCUT2D eigenvalue weighted by atomic mass is 16.2. The molecule has 1 N–H and O–H groups in total. The first-order chi connectivity index (χ1) is 9.16. The molecule has 3 rings (SSSR count). The number of carbonyl (C=O) groups is 1. The summed E-state index contributed by atoms with van der Waals surface area (Å²) in [6.45, 7) is 2.06. The number of hydrogen-bond donors (Lipinski definition) is 1. The molecule has 0 saturated heterocycles. The fourth-order valence-corrected chi connectivity index (χ4v) is 2.56. The largest absolute Gasteiger partial charge is 0.350 e. The number of aryl methyl sites for hydroxylation is 1. The number of anilines is 1. The van der Waals surface area contributed by atoms with Crippen LogP contribution in [0.4, 0.5) is 5.69 Å². The molecule has 3 nitrogen and oxygen atoms in total. The number of benzene rings is 2. The SMILES string of the molecule is Cc1cccc(C2NC(=O)c3ccccc3N2C)c1. The molecule has 19 heavy (non-hydrogen) atoms. The molecule has 0 spiro atoms.